The molecule has 2 N–H and O–H groups in total. The monoisotopic (exact) mass is 248 g/mol. The second-order valence-electron chi connectivity index (χ2n) is 5.00. The van der Waals surface area contributed by atoms with E-state index in [0.717, 1.165) is 25.1 Å². The van der Waals surface area contributed by atoms with E-state index in [1.54, 1.807) is 23.1 Å². The number of nitrogens with one attached hydrogen (secondary N) is 1. The Morgan fingerprint density at radius 1 is 1.50 bits per heavy atom. The molecular weight excluding hydrogens is 232 g/mol. The molecule has 0 bridgehead atoms. The number of phenols is 1. The predicted octanol–water partition coefficient (Wildman–Crippen LogP) is 1.08. The highest BCUT2D eigenvalue weighted by Crippen LogP contribution is 2.29. The van der Waals surface area contributed by atoms with Crippen LogP contribution >= 0.6 is 0 Å². The van der Waals surface area contributed by atoms with E-state index in [0.29, 0.717) is 13.1 Å². The van der Waals surface area contributed by atoms with Crippen molar-refractivity contribution in [2.45, 2.75) is 18.6 Å². The first-order valence-corrected chi connectivity index (χ1v) is 6.13. The highest BCUT2D eigenvalue weighted by molar-refractivity contribution is 5.71. The molecule has 1 spiro atoms. The van der Waals surface area contributed by atoms with E-state index in [2.05, 4.69) is 5.32 Å². The van der Waals surface area contributed by atoms with Gasteiger partial charge in [-0.3, -0.25) is 4.90 Å². The van der Waals surface area contributed by atoms with Crippen molar-refractivity contribution in [3.8, 4) is 5.75 Å². The van der Waals surface area contributed by atoms with Gasteiger partial charge in [0, 0.05) is 19.5 Å². The van der Waals surface area contributed by atoms with Crippen LogP contribution in [0.25, 0.3) is 0 Å². The average molecular weight is 248 g/mol. The summed E-state index contributed by atoms with van der Waals surface area (Å²) in [5.41, 5.74) is 0.573. The molecule has 2 heterocycles. The Labute approximate surface area is 105 Å². The van der Waals surface area contributed by atoms with Gasteiger partial charge in [-0.2, -0.15) is 0 Å². The van der Waals surface area contributed by atoms with Gasteiger partial charge in [-0.25, -0.2) is 4.79 Å². The third-order valence-corrected chi connectivity index (χ3v) is 3.53. The van der Waals surface area contributed by atoms with Gasteiger partial charge in [0.2, 0.25) is 0 Å². The first-order chi connectivity index (χ1) is 8.67. The fourth-order valence-corrected chi connectivity index (χ4v) is 2.63. The number of hydrogen-bond acceptors (Lipinski definition) is 4. The van der Waals surface area contributed by atoms with Crippen molar-refractivity contribution in [3.63, 3.8) is 0 Å². The third kappa shape index (κ3) is 2.01. The van der Waals surface area contributed by atoms with Crippen molar-refractivity contribution in [1.82, 2.24) is 10.2 Å². The average Bonchev–Trinajstić information content (AvgIpc) is 2.88. The molecule has 96 valence electrons. The van der Waals surface area contributed by atoms with E-state index in [9.17, 15) is 9.90 Å². The quantitative estimate of drug-likeness (QED) is 0.822. The van der Waals surface area contributed by atoms with Crippen LogP contribution in [-0.4, -0.2) is 41.3 Å². The molecule has 5 heteroatoms. The SMILES string of the molecule is O=C1OC2(CCNC2)CN1Cc1cccc(O)c1. The van der Waals surface area contributed by atoms with Gasteiger partial charge in [0.25, 0.3) is 0 Å². The van der Waals surface area contributed by atoms with Gasteiger partial charge < -0.3 is 15.2 Å². The van der Waals surface area contributed by atoms with Crippen LogP contribution in [0.1, 0.15) is 12.0 Å². The molecule has 3 rings (SSSR count). The van der Waals surface area contributed by atoms with Gasteiger partial charge in [0.05, 0.1) is 6.54 Å². The summed E-state index contributed by atoms with van der Waals surface area (Å²) < 4.78 is 5.49. The van der Waals surface area contributed by atoms with E-state index in [1.165, 1.54) is 0 Å². The Morgan fingerprint density at radius 3 is 3.11 bits per heavy atom. The Hall–Kier alpha value is -1.75. The number of ether oxygens (including phenoxy) is 1. The van der Waals surface area contributed by atoms with Crippen molar-refractivity contribution in [2.75, 3.05) is 19.6 Å². The van der Waals surface area contributed by atoms with Gasteiger partial charge in [-0.05, 0) is 24.2 Å². The number of carbonyl (C=O) groups is 1. The number of nitrogens with zero attached hydrogens (tertiary/aromatic N) is 1. The molecule has 1 aromatic rings. The Bertz CT molecular complexity index is 469. The van der Waals surface area contributed by atoms with E-state index >= 15 is 0 Å². The molecule has 18 heavy (non-hydrogen) atoms. The van der Waals surface area contributed by atoms with E-state index in [-0.39, 0.29) is 17.4 Å². The number of amides is 1. The molecule has 2 aliphatic rings. The highest BCUT2D eigenvalue weighted by atomic mass is 16.6. The summed E-state index contributed by atoms with van der Waals surface area (Å²) in [6.07, 6.45) is 0.608. The molecule has 0 radical (unpaired) electrons. The Kier molecular flexibility index (Phi) is 2.63. The second kappa shape index (κ2) is 4.17. The molecule has 5 nitrogen and oxygen atoms in total. The lowest BCUT2D eigenvalue weighted by molar-refractivity contribution is 0.0727. The van der Waals surface area contributed by atoms with Gasteiger partial charge >= 0.3 is 6.09 Å². The molecule has 1 atom stereocenters. The summed E-state index contributed by atoms with van der Waals surface area (Å²) in [7, 11) is 0. The second-order valence-corrected chi connectivity index (χ2v) is 5.00. The minimum absolute atomic E-state index is 0.220. The maximum absolute atomic E-state index is 11.8. The number of carbonyl (C=O) groups excluding carboxylic acids is 1. The van der Waals surface area contributed by atoms with E-state index in [4.69, 9.17) is 4.74 Å². The zero-order valence-electron chi connectivity index (χ0n) is 10.1. The summed E-state index contributed by atoms with van der Waals surface area (Å²) in [4.78, 5) is 13.5. The van der Waals surface area contributed by atoms with Gasteiger partial charge in [-0.1, -0.05) is 12.1 Å². The molecule has 2 fully saturated rings. The minimum atomic E-state index is -0.339. The molecule has 0 aliphatic carbocycles. The largest absolute Gasteiger partial charge is 0.508 e. The van der Waals surface area contributed by atoms with E-state index < -0.39 is 0 Å². The Balaban J connectivity index is 1.72. The van der Waals surface area contributed by atoms with Crippen LogP contribution in [-0.2, 0) is 11.3 Å². The van der Waals surface area contributed by atoms with Crippen molar-refractivity contribution in [2.24, 2.45) is 0 Å². The molecule has 2 aliphatic heterocycles. The lowest BCUT2D eigenvalue weighted by Gasteiger charge is -2.19. The van der Waals surface area contributed by atoms with Crippen molar-refractivity contribution >= 4 is 6.09 Å². The highest BCUT2D eigenvalue weighted by Gasteiger charge is 2.46. The zero-order valence-corrected chi connectivity index (χ0v) is 10.1. The van der Waals surface area contributed by atoms with Crippen LogP contribution in [0.3, 0.4) is 0 Å². The molecule has 2 saturated heterocycles. The predicted molar refractivity (Wildman–Crippen MR) is 65.2 cm³/mol. The number of rotatable bonds is 2. The van der Waals surface area contributed by atoms with Crippen molar-refractivity contribution in [1.29, 1.82) is 0 Å². The lowest BCUT2D eigenvalue weighted by atomic mass is 10.0. The summed E-state index contributed by atoms with van der Waals surface area (Å²) in [6.45, 7) is 2.73. The Morgan fingerprint density at radius 2 is 2.39 bits per heavy atom. The number of benzene rings is 1. The zero-order chi connectivity index (χ0) is 12.6. The van der Waals surface area contributed by atoms with Gasteiger partial charge in [0.15, 0.2) is 0 Å². The molecule has 1 aromatic carbocycles. The molecular formula is C13H16N2O3. The molecule has 0 aromatic heterocycles. The summed E-state index contributed by atoms with van der Waals surface area (Å²) in [6, 6.07) is 6.96. The molecule has 0 saturated carbocycles. The van der Waals surface area contributed by atoms with Crippen LogP contribution in [0.15, 0.2) is 24.3 Å². The topological polar surface area (TPSA) is 61.8 Å². The van der Waals surface area contributed by atoms with Crippen LogP contribution in [0.5, 0.6) is 5.75 Å². The maximum Gasteiger partial charge on any atom is 0.410 e. The maximum atomic E-state index is 11.8. The number of phenolic OH excluding ortho intramolecular Hbond substituents is 1. The van der Waals surface area contributed by atoms with Crippen LogP contribution in [0.4, 0.5) is 4.79 Å². The normalized spacial score (nSPS) is 26.9. The summed E-state index contributed by atoms with van der Waals surface area (Å²) in [5, 5.41) is 12.6. The standard InChI is InChI=1S/C13H16N2O3/c16-11-3-1-2-10(6-11)7-15-9-13(18-12(15)17)4-5-14-8-13/h1-3,6,14,16H,4-5,7-9H2. The van der Waals surface area contributed by atoms with E-state index in [1.807, 2.05) is 6.07 Å². The van der Waals surface area contributed by atoms with Gasteiger partial charge in [0.1, 0.15) is 11.4 Å². The van der Waals surface area contributed by atoms with Crippen LogP contribution in [0, 0.1) is 0 Å². The molecule has 1 amide bonds. The fourth-order valence-electron chi connectivity index (χ4n) is 2.63. The summed E-state index contributed by atoms with van der Waals surface area (Å²) in [5.74, 6) is 0.220. The van der Waals surface area contributed by atoms with Crippen molar-refractivity contribution < 1.29 is 14.6 Å². The van der Waals surface area contributed by atoms with Crippen LogP contribution in [0.2, 0.25) is 0 Å². The smallest absolute Gasteiger partial charge is 0.410 e. The molecule has 1 unspecified atom stereocenters. The first-order valence-electron chi connectivity index (χ1n) is 6.13. The lowest BCUT2D eigenvalue weighted by Crippen LogP contribution is -2.36. The van der Waals surface area contributed by atoms with Crippen LogP contribution < -0.4 is 5.32 Å². The van der Waals surface area contributed by atoms with Crippen molar-refractivity contribution in [3.05, 3.63) is 29.8 Å². The number of aromatic hydroxyl groups is 1. The van der Waals surface area contributed by atoms with Gasteiger partial charge in [-0.15, -0.1) is 0 Å². The minimum Gasteiger partial charge on any atom is -0.508 e. The third-order valence-electron chi connectivity index (χ3n) is 3.53. The summed E-state index contributed by atoms with van der Waals surface area (Å²) >= 11 is 0. The first kappa shape index (κ1) is 11.3. The number of hydrogen-bond donors (Lipinski definition) is 2. The fraction of sp³-hybridized carbons (Fsp3) is 0.462.